The molecule has 1 unspecified atom stereocenters. The van der Waals surface area contributed by atoms with Crippen molar-refractivity contribution < 1.29 is 4.74 Å². The second-order valence-electron chi connectivity index (χ2n) is 6.15. The molecule has 1 aromatic heterocycles. The number of guanidine groups is 1. The van der Waals surface area contributed by atoms with Crippen LogP contribution in [0.1, 0.15) is 30.9 Å². The van der Waals surface area contributed by atoms with Crippen LogP contribution in [0.5, 0.6) is 0 Å². The molecule has 0 aliphatic carbocycles. The van der Waals surface area contributed by atoms with Crippen molar-refractivity contribution >= 4 is 23.0 Å². The number of ether oxygens (including phenoxy) is 1. The molecule has 0 saturated carbocycles. The maximum Gasteiger partial charge on any atom is 0.191 e. The quantitative estimate of drug-likeness (QED) is 0.337. The van der Waals surface area contributed by atoms with E-state index in [0.717, 1.165) is 31.3 Å². The highest BCUT2D eigenvalue weighted by Gasteiger charge is 2.07. The molecule has 6 heteroatoms. The van der Waals surface area contributed by atoms with Gasteiger partial charge in [-0.05, 0) is 52.9 Å². The first-order valence-electron chi connectivity index (χ1n) is 9.09. The van der Waals surface area contributed by atoms with Gasteiger partial charge in [-0.25, -0.2) is 4.99 Å². The predicted octanol–water partition coefficient (Wildman–Crippen LogP) is 3.67. The molecule has 1 atom stereocenters. The van der Waals surface area contributed by atoms with E-state index in [-0.39, 0.29) is 0 Å². The van der Waals surface area contributed by atoms with E-state index in [2.05, 4.69) is 70.9 Å². The Kier molecular flexibility index (Phi) is 9.00. The van der Waals surface area contributed by atoms with Crippen LogP contribution in [0.25, 0.3) is 0 Å². The summed E-state index contributed by atoms with van der Waals surface area (Å²) < 4.78 is 5.04. The minimum absolute atomic E-state index is 0.461. The van der Waals surface area contributed by atoms with Gasteiger partial charge in [0.15, 0.2) is 5.96 Å². The number of methoxy groups -OCH3 is 1. The second kappa shape index (κ2) is 11.5. The standard InChI is InChI=1S/C20H30N4OS/c1-4-21-20(23-13-16(2)18-9-12-26-15-18)24-14-17-5-7-19(8-6-17)22-10-11-25-3/h5-9,12,15-16,22H,4,10-11,13-14H2,1-3H3,(H2,21,23,24). The molecule has 0 bridgehead atoms. The molecule has 0 saturated heterocycles. The fraction of sp³-hybridized carbons (Fsp3) is 0.450. The summed E-state index contributed by atoms with van der Waals surface area (Å²) in [6.07, 6.45) is 0. The summed E-state index contributed by atoms with van der Waals surface area (Å²) in [4.78, 5) is 4.70. The number of benzene rings is 1. The van der Waals surface area contributed by atoms with Crippen molar-refractivity contribution in [3.05, 3.63) is 52.2 Å². The van der Waals surface area contributed by atoms with E-state index in [4.69, 9.17) is 9.73 Å². The highest BCUT2D eigenvalue weighted by atomic mass is 32.1. The van der Waals surface area contributed by atoms with Crippen LogP contribution >= 0.6 is 11.3 Å². The summed E-state index contributed by atoms with van der Waals surface area (Å²) in [5, 5.41) is 14.4. The summed E-state index contributed by atoms with van der Waals surface area (Å²) >= 11 is 1.74. The number of rotatable bonds is 10. The average molecular weight is 375 g/mol. The maximum absolute atomic E-state index is 5.04. The molecule has 2 rings (SSSR count). The first-order chi connectivity index (χ1) is 12.7. The SMILES string of the molecule is CCNC(=NCc1ccc(NCCOC)cc1)NCC(C)c1ccsc1. The zero-order valence-corrected chi connectivity index (χ0v) is 16.7. The number of hydrogen-bond donors (Lipinski definition) is 3. The topological polar surface area (TPSA) is 57.7 Å². The van der Waals surface area contributed by atoms with E-state index >= 15 is 0 Å². The summed E-state index contributed by atoms with van der Waals surface area (Å²) in [5.74, 6) is 1.32. The molecule has 1 heterocycles. The lowest BCUT2D eigenvalue weighted by Gasteiger charge is -2.15. The Labute approximate surface area is 160 Å². The van der Waals surface area contributed by atoms with E-state index in [1.54, 1.807) is 18.4 Å². The van der Waals surface area contributed by atoms with Crippen molar-refractivity contribution in [3.8, 4) is 0 Å². The second-order valence-corrected chi connectivity index (χ2v) is 6.93. The van der Waals surface area contributed by atoms with Crippen molar-refractivity contribution in [2.24, 2.45) is 4.99 Å². The Bertz CT molecular complexity index is 640. The van der Waals surface area contributed by atoms with Crippen molar-refractivity contribution in [1.29, 1.82) is 0 Å². The Hall–Kier alpha value is -2.05. The minimum Gasteiger partial charge on any atom is -0.383 e. The zero-order chi connectivity index (χ0) is 18.6. The van der Waals surface area contributed by atoms with E-state index in [0.29, 0.717) is 19.1 Å². The van der Waals surface area contributed by atoms with Gasteiger partial charge < -0.3 is 20.7 Å². The molecule has 2 aromatic rings. The lowest BCUT2D eigenvalue weighted by atomic mass is 10.1. The lowest BCUT2D eigenvalue weighted by molar-refractivity contribution is 0.211. The Morgan fingerprint density at radius 3 is 2.65 bits per heavy atom. The molecule has 3 N–H and O–H groups in total. The van der Waals surface area contributed by atoms with Gasteiger partial charge in [-0.2, -0.15) is 11.3 Å². The van der Waals surface area contributed by atoms with E-state index in [1.165, 1.54) is 11.1 Å². The number of nitrogens with one attached hydrogen (secondary N) is 3. The van der Waals surface area contributed by atoms with E-state index < -0.39 is 0 Å². The fourth-order valence-electron chi connectivity index (χ4n) is 2.46. The largest absolute Gasteiger partial charge is 0.383 e. The Balaban J connectivity index is 1.85. The third-order valence-corrected chi connectivity index (χ3v) is 4.74. The first kappa shape index (κ1) is 20.3. The van der Waals surface area contributed by atoms with Gasteiger partial charge in [0.25, 0.3) is 0 Å². The van der Waals surface area contributed by atoms with Gasteiger partial charge in [-0.1, -0.05) is 19.1 Å². The number of anilines is 1. The first-order valence-corrected chi connectivity index (χ1v) is 10.0. The van der Waals surface area contributed by atoms with Crippen LogP contribution in [0.3, 0.4) is 0 Å². The van der Waals surface area contributed by atoms with Crippen LogP contribution in [0.15, 0.2) is 46.1 Å². The molecule has 0 aliphatic heterocycles. The molecular weight excluding hydrogens is 344 g/mol. The molecule has 0 spiro atoms. The molecule has 1 aromatic carbocycles. The highest BCUT2D eigenvalue weighted by Crippen LogP contribution is 2.17. The smallest absolute Gasteiger partial charge is 0.191 e. The highest BCUT2D eigenvalue weighted by molar-refractivity contribution is 7.07. The Morgan fingerprint density at radius 1 is 1.19 bits per heavy atom. The zero-order valence-electron chi connectivity index (χ0n) is 15.9. The van der Waals surface area contributed by atoms with Gasteiger partial charge in [0, 0.05) is 32.4 Å². The van der Waals surface area contributed by atoms with Crippen LogP contribution < -0.4 is 16.0 Å². The van der Waals surface area contributed by atoms with Gasteiger partial charge in [0.1, 0.15) is 0 Å². The third kappa shape index (κ3) is 7.06. The van der Waals surface area contributed by atoms with Gasteiger partial charge >= 0.3 is 0 Å². The summed E-state index contributed by atoms with van der Waals surface area (Å²) in [6, 6.07) is 10.6. The molecule has 26 heavy (non-hydrogen) atoms. The monoisotopic (exact) mass is 374 g/mol. The van der Waals surface area contributed by atoms with Crippen LogP contribution in [-0.2, 0) is 11.3 Å². The van der Waals surface area contributed by atoms with Crippen molar-refractivity contribution in [1.82, 2.24) is 10.6 Å². The molecule has 142 valence electrons. The molecular formula is C20H30N4OS. The summed E-state index contributed by atoms with van der Waals surface area (Å²) in [6.45, 7) is 8.19. The van der Waals surface area contributed by atoms with Crippen LogP contribution in [0.2, 0.25) is 0 Å². The molecule has 5 nitrogen and oxygen atoms in total. The molecule has 0 amide bonds. The minimum atomic E-state index is 0.461. The lowest BCUT2D eigenvalue weighted by Crippen LogP contribution is -2.39. The normalized spacial score (nSPS) is 12.7. The maximum atomic E-state index is 5.04. The molecule has 0 fully saturated rings. The van der Waals surface area contributed by atoms with Crippen LogP contribution in [0.4, 0.5) is 5.69 Å². The van der Waals surface area contributed by atoms with Gasteiger partial charge in [-0.15, -0.1) is 0 Å². The number of hydrogen-bond acceptors (Lipinski definition) is 4. The summed E-state index contributed by atoms with van der Waals surface area (Å²) in [5.41, 5.74) is 3.66. The molecule has 0 aliphatic rings. The summed E-state index contributed by atoms with van der Waals surface area (Å²) in [7, 11) is 1.71. The Morgan fingerprint density at radius 2 is 2.00 bits per heavy atom. The predicted molar refractivity (Wildman–Crippen MR) is 112 cm³/mol. The number of thiophene rings is 1. The van der Waals surface area contributed by atoms with E-state index in [1.807, 2.05) is 0 Å². The average Bonchev–Trinajstić information content (AvgIpc) is 3.20. The third-order valence-electron chi connectivity index (χ3n) is 4.04. The van der Waals surface area contributed by atoms with Crippen LogP contribution in [0, 0.1) is 0 Å². The van der Waals surface area contributed by atoms with E-state index in [9.17, 15) is 0 Å². The van der Waals surface area contributed by atoms with Crippen LogP contribution in [-0.4, -0.2) is 39.3 Å². The molecule has 0 radical (unpaired) electrons. The number of aliphatic imine (C=N–C) groups is 1. The fourth-order valence-corrected chi connectivity index (χ4v) is 3.24. The van der Waals surface area contributed by atoms with Gasteiger partial charge in [-0.3, -0.25) is 0 Å². The van der Waals surface area contributed by atoms with Crippen molar-refractivity contribution in [2.45, 2.75) is 26.3 Å². The van der Waals surface area contributed by atoms with Gasteiger partial charge in [0.2, 0.25) is 0 Å². The van der Waals surface area contributed by atoms with Gasteiger partial charge in [0.05, 0.1) is 13.2 Å². The number of nitrogens with zero attached hydrogens (tertiary/aromatic N) is 1. The van der Waals surface area contributed by atoms with Crippen molar-refractivity contribution in [3.63, 3.8) is 0 Å². The van der Waals surface area contributed by atoms with Crippen molar-refractivity contribution in [2.75, 3.05) is 38.7 Å².